The van der Waals surface area contributed by atoms with Crippen LogP contribution in [0.4, 0.5) is 10.5 Å². The quantitative estimate of drug-likeness (QED) is 0.904. The van der Waals surface area contributed by atoms with Crippen LogP contribution in [0.5, 0.6) is 11.5 Å². The van der Waals surface area contributed by atoms with Crippen LogP contribution in [0.3, 0.4) is 0 Å². The average molecular weight is 344 g/mol. The van der Waals surface area contributed by atoms with Crippen molar-refractivity contribution in [1.29, 1.82) is 0 Å². The van der Waals surface area contributed by atoms with E-state index >= 15 is 0 Å². The van der Waals surface area contributed by atoms with Crippen molar-refractivity contribution >= 4 is 11.7 Å². The summed E-state index contributed by atoms with van der Waals surface area (Å²) in [7, 11) is 3.17. The standard InChI is InChI=1S/C18H24N4O3/c1-4-22-17(7-8-19-22)16-6-5-9-21(16)18(23)20-13-10-14(24-2)12-15(11-13)25-3/h7-8,10-12,16H,4-6,9H2,1-3H3,(H,20,23). The SMILES string of the molecule is CCn1nccc1C1CCCN1C(=O)Nc1cc(OC)cc(OC)c1. The number of hydrogen-bond acceptors (Lipinski definition) is 4. The van der Waals surface area contributed by atoms with Gasteiger partial charge in [0.2, 0.25) is 0 Å². The van der Waals surface area contributed by atoms with Gasteiger partial charge in [0.1, 0.15) is 11.5 Å². The first-order chi connectivity index (χ1) is 12.2. The lowest BCUT2D eigenvalue weighted by Crippen LogP contribution is -2.35. The van der Waals surface area contributed by atoms with Gasteiger partial charge in [-0.05, 0) is 25.8 Å². The summed E-state index contributed by atoms with van der Waals surface area (Å²) in [6.07, 6.45) is 3.72. The minimum Gasteiger partial charge on any atom is -0.497 e. The predicted molar refractivity (Wildman–Crippen MR) is 95.1 cm³/mol. The molecule has 2 aromatic rings. The van der Waals surface area contributed by atoms with Crippen molar-refractivity contribution in [2.24, 2.45) is 0 Å². The van der Waals surface area contributed by atoms with Crippen LogP contribution in [0.25, 0.3) is 0 Å². The van der Waals surface area contributed by atoms with E-state index in [-0.39, 0.29) is 12.1 Å². The van der Waals surface area contributed by atoms with E-state index < -0.39 is 0 Å². The molecule has 0 saturated carbocycles. The van der Waals surface area contributed by atoms with Crippen molar-refractivity contribution in [3.8, 4) is 11.5 Å². The van der Waals surface area contributed by atoms with Crippen LogP contribution in [0.15, 0.2) is 30.5 Å². The third-order valence-corrected chi connectivity index (χ3v) is 4.51. The molecule has 1 aromatic heterocycles. The number of rotatable bonds is 5. The Hall–Kier alpha value is -2.70. The fourth-order valence-electron chi connectivity index (χ4n) is 3.28. The lowest BCUT2D eigenvalue weighted by molar-refractivity contribution is 0.204. The molecule has 1 saturated heterocycles. The lowest BCUT2D eigenvalue weighted by Gasteiger charge is -2.25. The van der Waals surface area contributed by atoms with Crippen molar-refractivity contribution in [3.63, 3.8) is 0 Å². The molecule has 1 aliphatic heterocycles. The molecular weight excluding hydrogens is 320 g/mol. The van der Waals surface area contributed by atoms with Gasteiger partial charge in [-0.1, -0.05) is 0 Å². The number of carbonyl (C=O) groups is 1. The van der Waals surface area contributed by atoms with Crippen molar-refractivity contribution in [1.82, 2.24) is 14.7 Å². The Balaban J connectivity index is 1.78. The van der Waals surface area contributed by atoms with Gasteiger partial charge in [0.05, 0.1) is 26.0 Å². The number of carbonyl (C=O) groups excluding carboxylic acids is 1. The highest BCUT2D eigenvalue weighted by Gasteiger charge is 2.32. The number of ether oxygens (including phenoxy) is 2. The zero-order valence-corrected chi connectivity index (χ0v) is 14.9. The summed E-state index contributed by atoms with van der Waals surface area (Å²) in [4.78, 5) is 14.7. The van der Waals surface area contributed by atoms with Gasteiger partial charge in [0.25, 0.3) is 0 Å². The molecule has 3 rings (SSSR count). The van der Waals surface area contributed by atoms with Gasteiger partial charge in [-0.15, -0.1) is 0 Å². The summed E-state index contributed by atoms with van der Waals surface area (Å²) in [6.45, 7) is 3.58. The fourth-order valence-corrected chi connectivity index (χ4v) is 3.28. The van der Waals surface area contributed by atoms with Crippen LogP contribution >= 0.6 is 0 Å². The van der Waals surface area contributed by atoms with E-state index in [1.54, 1.807) is 38.6 Å². The summed E-state index contributed by atoms with van der Waals surface area (Å²) in [6, 6.07) is 7.25. The molecule has 134 valence electrons. The van der Waals surface area contributed by atoms with Crippen molar-refractivity contribution < 1.29 is 14.3 Å². The largest absolute Gasteiger partial charge is 0.497 e. The second kappa shape index (κ2) is 7.46. The van der Waals surface area contributed by atoms with Gasteiger partial charge in [-0.3, -0.25) is 4.68 Å². The number of urea groups is 1. The Kier molecular flexibility index (Phi) is 5.11. The van der Waals surface area contributed by atoms with Gasteiger partial charge in [0, 0.05) is 43.2 Å². The minimum atomic E-state index is -0.123. The number of anilines is 1. The number of benzene rings is 1. The van der Waals surface area contributed by atoms with E-state index in [0.29, 0.717) is 17.2 Å². The number of aromatic nitrogens is 2. The first kappa shape index (κ1) is 17.1. The highest BCUT2D eigenvalue weighted by molar-refractivity contribution is 5.90. The number of hydrogen-bond donors (Lipinski definition) is 1. The fraction of sp³-hybridized carbons (Fsp3) is 0.444. The van der Waals surface area contributed by atoms with Gasteiger partial charge in [-0.25, -0.2) is 4.79 Å². The summed E-state index contributed by atoms with van der Waals surface area (Å²) in [5.74, 6) is 1.27. The van der Waals surface area contributed by atoms with Crippen LogP contribution in [-0.4, -0.2) is 41.5 Å². The Labute approximate surface area is 147 Å². The molecule has 0 aliphatic carbocycles. The van der Waals surface area contributed by atoms with Crippen LogP contribution in [0.2, 0.25) is 0 Å². The second-order valence-corrected chi connectivity index (χ2v) is 5.95. The molecule has 0 radical (unpaired) electrons. The van der Waals surface area contributed by atoms with E-state index in [2.05, 4.69) is 17.3 Å². The number of nitrogens with zero attached hydrogens (tertiary/aromatic N) is 3. The Morgan fingerprint density at radius 1 is 1.28 bits per heavy atom. The molecule has 1 aliphatic rings. The van der Waals surface area contributed by atoms with Crippen LogP contribution in [0, 0.1) is 0 Å². The van der Waals surface area contributed by atoms with Gasteiger partial charge in [0.15, 0.2) is 0 Å². The maximum atomic E-state index is 12.8. The Bertz CT molecular complexity index is 721. The smallest absolute Gasteiger partial charge is 0.322 e. The van der Waals surface area contributed by atoms with Crippen molar-refractivity contribution in [2.75, 3.05) is 26.1 Å². The van der Waals surface area contributed by atoms with E-state index in [4.69, 9.17) is 9.47 Å². The highest BCUT2D eigenvalue weighted by atomic mass is 16.5. The second-order valence-electron chi connectivity index (χ2n) is 5.95. The van der Waals surface area contributed by atoms with Crippen LogP contribution in [-0.2, 0) is 6.54 Å². The van der Waals surface area contributed by atoms with Crippen LogP contribution < -0.4 is 14.8 Å². The van der Waals surface area contributed by atoms with Gasteiger partial charge < -0.3 is 19.7 Å². The summed E-state index contributed by atoms with van der Waals surface area (Å²) in [5, 5.41) is 7.29. The molecule has 0 bridgehead atoms. The van der Waals surface area contributed by atoms with E-state index in [0.717, 1.165) is 31.6 Å². The molecule has 1 N–H and O–H groups in total. The maximum absolute atomic E-state index is 12.8. The first-order valence-corrected chi connectivity index (χ1v) is 8.48. The van der Waals surface area contributed by atoms with Crippen molar-refractivity contribution in [3.05, 3.63) is 36.2 Å². The summed E-state index contributed by atoms with van der Waals surface area (Å²) >= 11 is 0. The highest BCUT2D eigenvalue weighted by Crippen LogP contribution is 2.33. The third kappa shape index (κ3) is 3.55. The monoisotopic (exact) mass is 344 g/mol. The third-order valence-electron chi connectivity index (χ3n) is 4.51. The van der Waals surface area contributed by atoms with Crippen LogP contribution in [0.1, 0.15) is 31.5 Å². The van der Waals surface area contributed by atoms with E-state index in [1.165, 1.54) is 0 Å². The van der Waals surface area contributed by atoms with Gasteiger partial charge in [-0.2, -0.15) is 5.10 Å². The molecule has 1 unspecified atom stereocenters. The number of methoxy groups -OCH3 is 2. The molecule has 1 aromatic carbocycles. The molecule has 2 amide bonds. The van der Waals surface area contributed by atoms with E-state index in [9.17, 15) is 4.79 Å². The zero-order chi connectivity index (χ0) is 17.8. The van der Waals surface area contributed by atoms with E-state index in [1.807, 2.05) is 15.6 Å². The topological polar surface area (TPSA) is 68.6 Å². The molecule has 0 spiro atoms. The summed E-state index contributed by atoms with van der Waals surface area (Å²) < 4.78 is 12.5. The Morgan fingerprint density at radius 3 is 2.64 bits per heavy atom. The number of amides is 2. The average Bonchev–Trinajstić information content (AvgIpc) is 3.29. The molecule has 25 heavy (non-hydrogen) atoms. The number of nitrogens with one attached hydrogen (secondary N) is 1. The predicted octanol–water partition coefficient (Wildman–Crippen LogP) is 3.29. The van der Waals surface area contributed by atoms with Gasteiger partial charge >= 0.3 is 6.03 Å². The number of likely N-dealkylation sites (tertiary alicyclic amines) is 1. The normalized spacial score (nSPS) is 16.8. The number of aryl methyl sites for hydroxylation is 1. The molecule has 1 fully saturated rings. The molecule has 7 nitrogen and oxygen atoms in total. The lowest BCUT2D eigenvalue weighted by atomic mass is 10.1. The Morgan fingerprint density at radius 2 is 2.00 bits per heavy atom. The molecular formula is C18H24N4O3. The first-order valence-electron chi connectivity index (χ1n) is 8.48. The molecule has 7 heteroatoms. The molecule has 2 heterocycles. The molecule has 1 atom stereocenters. The van der Waals surface area contributed by atoms with Crippen molar-refractivity contribution in [2.45, 2.75) is 32.4 Å². The summed E-state index contributed by atoms with van der Waals surface area (Å²) in [5.41, 5.74) is 1.73. The zero-order valence-electron chi connectivity index (χ0n) is 14.9. The minimum absolute atomic E-state index is 0.0509. The maximum Gasteiger partial charge on any atom is 0.322 e.